The summed E-state index contributed by atoms with van der Waals surface area (Å²) in [7, 11) is 1.54. The van der Waals surface area contributed by atoms with Crippen LogP contribution in [0.25, 0.3) is 0 Å². The van der Waals surface area contributed by atoms with Crippen molar-refractivity contribution in [3.8, 4) is 0 Å². The summed E-state index contributed by atoms with van der Waals surface area (Å²) >= 11 is 5.95. The molecule has 0 saturated heterocycles. The third-order valence-electron chi connectivity index (χ3n) is 2.82. The van der Waals surface area contributed by atoms with Gasteiger partial charge in [-0.25, -0.2) is 4.39 Å². The van der Waals surface area contributed by atoms with Crippen LogP contribution < -0.4 is 5.32 Å². The molecule has 0 bridgehead atoms. The Morgan fingerprint density at radius 1 is 1.65 bits per heavy atom. The maximum Gasteiger partial charge on any atom is 0.264 e. The van der Waals surface area contributed by atoms with E-state index in [0.717, 1.165) is 0 Å². The lowest BCUT2D eigenvalue weighted by atomic mass is 10.0. The molecular formula is C13H14ClFN2O3. The molecule has 1 aliphatic heterocycles. The molecular weight excluding hydrogens is 287 g/mol. The SMILES string of the molecule is COCCNC(=O)[C@H]1CC(c2c(F)cccc2Cl)=NO1. The molecule has 1 heterocycles. The lowest BCUT2D eigenvalue weighted by Gasteiger charge is -2.09. The standard InChI is InChI=1S/C13H14ClFN2O3/c1-19-6-5-16-13(18)11-7-10(17-20-11)12-8(14)3-2-4-9(12)15/h2-4,11H,5-7H2,1H3,(H,16,18)/t11-/m1/s1. The van der Waals surface area contributed by atoms with Crippen molar-refractivity contribution in [2.75, 3.05) is 20.3 Å². The zero-order valence-electron chi connectivity index (χ0n) is 10.9. The van der Waals surface area contributed by atoms with E-state index in [9.17, 15) is 9.18 Å². The third-order valence-corrected chi connectivity index (χ3v) is 3.13. The molecule has 1 aromatic rings. The van der Waals surface area contributed by atoms with Gasteiger partial charge in [0.2, 0.25) is 6.10 Å². The molecule has 5 nitrogen and oxygen atoms in total. The fourth-order valence-electron chi connectivity index (χ4n) is 1.83. The van der Waals surface area contributed by atoms with Crippen molar-refractivity contribution in [2.24, 2.45) is 5.16 Å². The van der Waals surface area contributed by atoms with Crippen molar-refractivity contribution in [3.05, 3.63) is 34.6 Å². The first-order valence-electron chi connectivity index (χ1n) is 6.07. The Labute approximate surface area is 120 Å². The topological polar surface area (TPSA) is 59.9 Å². The number of amides is 1. The van der Waals surface area contributed by atoms with Crippen LogP contribution in [-0.4, -0.2) is 38.0 Å². The molecule has 0 radical (unpaired) electrons. The number of nitrogens with one attached hydrogen (secondary N) is 1. The minimum absolute atomic E-state index is 0.180. The molecule has 0 fully saturated rings. The van der Waals surface area contributed by atoms with Crippen molar-refractivity contribution in [1.82, 2.24) is 5.32 Å². The molecule has 1 amide bonds. The third kappa shape index (κ3) is 3.26. The predicted molar refractivity (Wildman–Crippen MR) is 72.3 cm³/mol. The summed E-state index contributed by atoms with van der Waals surface area (Å²) < 4.78 is 18.6. The van der Waals surface area contributed by atoms with E-state index in [-0.39, 0.29) is 22.9 Å². The maximum atomic E-state index is 13.7. The Kier molecular flexibility index (Phi) is 4.92. The van der Waals surface area contributed by atoms with Gasteiger partial charge in [-0.3, -0.25) is 4.79 Å². The molecule has 0 aromatic heterocycles. The van der Waals surface area contributed by atoms with Crippen molar-refractivity contribution in [1.29, 1.82) is 0 Å². The second kappa shape index (κ2) is 6.67. The molecule has 1 atom stereocenters. The van der Waals surface area contributed by atoms with E-state index >= 15 is 0 Å². The highest BCUT2D eigenvalue weighted by molar-refractivity contribution is 6.34. The van der Waals surface area contributed by atoms with Gasteiger partial charge in [-0.1, -0.05) is 22.8 Å². The van der Waals surface area contributed by atoms with Crippen LogP contribution in [0.3, 0.4) is 0 Å². The van der Waals surface area contributed by atoms with E-state index in [2.05, 4.69) is 10.5 Å². The first kappa shape index (κ1) is 14.7. The van der Waals surface area contributed by atoms with Gasteiger partial charge in [0.15, 0.2) is 0 Å². The average molecular weight is 301 g/mol. The van der Waals surface area contributed by atoms with Crippen molar-refractivity contribution < 1.29 is 18.8 Å². The van der Waals surface area contributed by atoms with Crippen LogP contribution >= 0.6 is 11.6 Å². The number of halogens is 2. The highest BCUT2D eigenvalue weighted by atomic mass is 35.5. The molecule has 2 rings (SSSR count). The fourth-order valence-corrected chi connectivity index (χ4v) is 2.10. The Bertz CT molecular complexity index is 516. The number of oxime groups is 1. The van der Waals surface area contributed by atoms with Crippen LogP contribution in [0.2, 0.25) is 5.02 Å². The number of hydrogen-bond acceptors (Lipinski definition) is 4. The molecule has 1 N–H and O–H groups in total. The summed E-state index contributed by atoms with van der Waals surface area (Å²) in [6.45, 7) is 0.788. The van der Waals surface area contributed by atoms with Crippen LogP contribution in [0, 0.1) is 5.82 Å². The van der Waals surface area contributed by atoms with Crippen LogP contribution in [0.5, 0.6) is 0 Å². The molecule has 1 aromatic carbocycles. The Morgan fingerprint density at radius 3 is 3.15 bits per heavy atom. The number of hydrogen-bond donors (Lipinski definition) is 1. The number of nitrogens with zero attached hydrogens (tertiary/aromatic N) is 1. The number of benzene rings is 1. The number of methoxy groups -OCH3 is 1. The number of carbonyl (C=O) groups is 1. The minimum atomic E-state index is -0.766. The highest BCUT2D eigenvalue weighted by Crippen LogP contribution is 2.25. The summed E-state index contributed by atoms with van der Waals surface area (Å²) in [5.41, 5.74) is 0.515. The lowest BCUT2D eigenvalue weighted by Crippen LogP contribution is -2.36. The van der Waals surface area contributed by atoms with E-state index in [1.54, 1.807) is 13.2 Å². The summed E-state index contributed by atoms with van der Waals surface area (Å²) in [5, 5.41) is 6.64. The van der Waals surface area contributed by atoms with Crippen LogP contribution in [-0.2, 0) is 14.4 Å². The van der Waals surface area contributed by atoms with Gasteiger partial charge in [-0.15, -0.1) is 0 Å². The van der Waals surface area contributed by atoms with Gasteiger partial charge in [0.25, 0.3) is 5.91 Å². The predicted octanol–water partition coefficient (Wildman–Crippen LogP) is 1.73. The smallest absolute Gasteiger partial charge is 0.264 e. The van der Waals surface area contributed by atoms with Gasteiger partial charge in [-0.05, 0) is 12.1 Å². The molecule has 0 saturated carbocycles. The van der Waals surface area contributed by atoms with E-state index in [1.807, 2.05) is 0 Å². The second-order valence-electron chi connectivity index (χ2n) is 4.22. The van der Waals surface area contributed by atoms with Gasteiger partial charge in [0.1, 0.15) is 5.82 Å². The van der Waals surface area contributed by atoms with Gasteiger partial charge in [0.05, 0.1) is 22.9 Å². The highest BCUT2D eigenvalue weighted by Gasteiger charge is 2.30. The normalized spacial score (nSPS) is 17.6. The Balaban J connectivity index is 2.00. The molecule has 0 unspecified atom stereocenters. The second-order valence-corrected chi connectivity index (χ2v) is 4.62. The van der Waals surface area contributed by atoms with Gasteiger partial charge >= 0.3 is 0 Å². The van der Waals surface area contributed by atoms with Crippen LogP contribution in [0.4, 0.5) is 4.39 Å². The van der Waals surface area contributed by atoms with Crippen LogP contribution in [0.15, 0.2) is 23.4 Å². The average Bonchev–Trinajstić information content (AvgIpc) is 2.88. The van der Waals surface area contributed by atoms with Crippen molar-refractivity contribution in [3.63, 3.8) is 0 Å². The maximum absolute atomic E-state index is 13.7. The monoisotopic (exact) mass is 300 g/mol. The van der Waals surface area contributed by atoms with E-state index in [0.29, 0.717) is 18.9 Å². The molecule has 0 aliphatic carbocycles. The lowest BCUT2D eigenvalue weighted by molar-refractivity contribution is -0.131. The summed E-state index contributed by atoms with van der Waals surface area (Å²) in [6, 6.07) is 4.36. The fraction of sp³-hybridized carbons (Fsp3) is 0.385. The number of rotatable bonds is 5. The van der Waals surface area contributed by atoms with Gasteiger partial charge in [0, 0.05) is 20.1 Å². The van der Waals surface area contributed by atoms with Gasteiger partial charge < -0.3 is 14.9 Å². The molecule has 0 spiro atoms. The quantitative estimate of drug-likeness (QED) is 0.843. The first-order chi connectivity index (χ1) is 9.63. The summed E-state index contributed by atoms with van der Waals surface area (Å²) in [4.78, 5) is 16.8. The van der Waals surface area contributed by atoms with E-state index in [4.69, 9.17) is 21.2 Å². The summed E-state index contributed by atoms with van der Waals surface area (Å²) in [6.07, 6.45) is -0.586. The molecule has 108 valence electrons. The van der Waals surface area contributed by atoms with E-state index in [1.165, 1.54) is 12.1 Å². The summed E-state index contributed by atoms with van der Waals surface area (Å²) in [5.74, 6) is -0.798. The van der Waals surface area contributed by atoms with Crippen molar-refractivity contribution in [2.45, 2.75) is 12.5 Å². The molecule has 7 heteroatoms. The largest absolute Gasteiger partial charge is 0.383 e. The van der Waals surface area contributed by atoms with Crippen LogP contribution in [0.1, 0.15) is 12.0 Å². The minimum Gasteiger partial charge on any atom is -0.383 e. The number of carbonyl (C=O) groups excluding carboxylic acids is 1. The van der Waals surface area contributed by atoms with E-state index < -0.39 is 11.9 Å². The Hall–Kier alpha value is -1.66. The Morgan fingerprint density at radius 2 is 2.45 bits per heavy atom. The zero-order chi connectivity index (χ0) is 14.5. The van der Waals surface area contributed by atoms with Crippen molar-refractivity contribution >= 4 is 23.2 Å². The number of ether oxygens (including phenoxy) is 1. The first-order valence-corrected chi connectivity index (χ1v) is 6.45. The van der Waals surface area contributed by atoms with Gasteiger partial charge in [-0.2, -0.15) is 0 Å². The zero-order valence-corrected chi connectivity index (χ0v) is 11.6. The molecule has 1 aliphatic rings. The molecule has 20 heavy (non-hydrogen) atoms.